The Hall–Kier alpha value is -0.350. The number of alkyl halides is 5. The lowest BCUT2D eigenvalue weighted by Crippen LogP contribution is -2.43. The monoisotopic (exact) mass is 382 g/mol. The SMILES string of the molecule is CCCC(CCC[C@H]1CC[C@H](C2CCCCC2)CC1)C(F)(F)C(F)(F)F. The van der Waals surface area contributed by atoms with Crippen LogP contribution in [0, 0.1) is 23.7 Å². The van der Waals surface area contributed by atoms with E-state index in [0.29, 0.717) is 18.8 Å². The van der Waals surface area contributed by atoms with Gasteiger partial charge in [0.1, 0.15) is 0 Å². The lowest BCUT2D eigenvalue weighted by molar-refractivity contribution is -0.304. The van der Waals surface area contributed by atoms with E-state index in [4.69, 9.17) is 0 Å². The fourth-order valence-corrected chi connectivity index (χ4v) is 5.29. The Bertz CT molecular complexity index is 390. The summed E-state index contributed by atoms with van der Waals surface area (Å²) in [4.78, 5) is 0. The molecule has 0 bridgehead atoms. The van der Waals surface area contributed by atoms with Gasteiger partial charge < -0.3 is 0 Å². The highest BCUT2D eigenvalue weighted by molar-refractivity contribution is 4.85. The Kier molecular flexibility index (Phi) is 8.21. The summed E-state index contributed by atoms with van der Waals surface area (Å²) in [5, 5.41) is 0. The molecule has 0 spiro atoms. The summed E-state index contributed by atoms with van der Waals surface area (Å²) in [5.74, 6) is -3.89. The molecule has 0 aromatic heterocycles. The van der Waals surface area contributed by atoms with E-state index in [0.717, 1.165) is 31.1 Å². The molecular weight excluding hydrogens is 347 g/mol. The van der Waals surface area contributed by atoms with Crippen LogP contribution in [-0.4, -0.2) is 12.1 Å². The van der Waals surface area contributed by atoms with Gasteiger partial charge in [-0.1, -0.05) is 71.1 Å². The average Bonchev–Trinajstić information content (AvgIpc) is 2.61. The summed E-state index contributed by atoms with van der Waals surface area (Å²) >= 11 is 0. The van der Waals surface area contributed by atoms with Crippen LogP contribution in [0.2, 0.25) is 0 Å². The van der Waals surface area contributed by atoms with Crippen molar-refractivity contribution >= 4 is 0 Å². The van der Waals surface area contributed by atoms with Gasteiger partial charge in [0, 0.05) is 5.92 Å². The van der Waals surface area contributed by atoms with Crippen molar-refractivity contribution < 1.29 is 22.0 Å². The van der Waals surface area contributed by atoms with Crippen molar-refractivity contribution in [1.82, 2.24) is 0 Å². The third-order valence-corrected chi connectivity index (χ3v) is 6.90. The van der Waals surface area contributed by atoms with Crippen LogP contribution in [0.25, 0.3) is 0 Å². The minimum atomic E-state index is -5.43. The maximum atomic E-state index is 13.7. The highest BCUT2D eigenvalue weighted by Crippen LogP contribution is 2.46. The smallest absolute Gasteiger partial charge is 0.196 e. The van der Waals surface area contributed by atoms with Gasteiger partial charge in [-0.15, -0.1) is 0 Å². The Balaban J connectivity index is 1.73. The van der Waals surface area contributed by atoms with Crippen molar-refractivity contribution in [3.8, 4) is 0 Å². The lowest BCUT2D eigenvalue weighted by Gasteiger charge is -2.36. The van der Waals surface area contributed by atoms with E-state index in [9.17, 15) is 22.0 Å². The highest BCUT2D eigenvalue weighted by Gasteiger charge is 2.61. The van der Waals surface area contributed by atoms with E-state index in [2.05, 4.69) is 0 Å². The predicted molar refractivity (Wildman–Crippen MR) is 95.3 cm³/mol. The molecule has 0 saturated heterocycles. The Morgan fingerprint density at radius 2 is 1.35 bits per heavy atom. The molecule has 2 saturated carbocycles. The van der Waals surface area contributed by atoms with Gasteiger partial charge in [0.2, 0.25) is 0 Å². The molecule has 0 aliphatic heterocycles. The van der Waals surface area contributed by atoms with Gasteiger partial charge in [-0.3, -0.25) is 0 Å². The summed E-state index contributed by atoms with van der Waals surface area (Å²) in [7, 11) is 0. The molecule has 5 heteroatoms. The topological polar surface area (TPSA) is 0 Å². The fraction of sp³-hybridized carbons (Fsp3) is 1.00. The summed E-state index contributed by atoms with van der Waals surface area (Å²) in [5.41, 5.74) is 0. The minimum absolute atomic E-state index is 0.0110. The van der Waals surface area contributed by atoms with Gasteiger partial charge in [-0.25, -0.2) is 0 Å². The molecule has 2 fully saturated rings. The summed E-state index contributed by atoms with van der Waals surface area (Å²) < 4.78 is 65.3. The Morgan fingerprint density at radius 1 is 0.769 bits per heavy atom. The average molecular weight is 383 g/mol. The van der Waals surface area contributed by atoms with Crippen molar-refractivity contribution in [2.24, 2.45) is 23.7 Å². The zero-order chi connectivity index (χ0) is 19.2. The van der Waals surface area contributed by atoms with Crippen LogP contribution in [0.1, 0.15) is 96.8 Å². The number of hydrogen-bond acceptors (Lipinski definition) is 0. The van der Waals surface area contributed by atoms with Gasteiger partial charge >= 0.3 is 12.1 Å². The van der Waals surface area contributed by atoms with Crippen LogP contribution in [-0.2, 0) is 0 Å². The maximum absolute atomic E-state index is 13.7. The first-order valence-corrected chi connectivity index (χ1v) is 10.7. The van der Waals surface area contributed by atoms with E-state index < -0.39 is 18.0 Å². The van der Waals surface area contributed by atoms with E-state index >= 15 is 0 Å². The Labute approximate surface area is 155 Å². The van der Waals surface area contributed by atoms with Gasteiger partial charge in [-0.05, 0) is 43.4 Å². The molecule has 1 unspecified atom stereocenters. The molecule has 2 aliphatic rings. The van der Waals surface area contributed by atoms with Crippen LogP contribution in [0.5, 0.6) is 0 Å². The first-order chi connectivity index (χ1) is 12.3. The van der Waals surface area contributed by atoms with Gasteiger partial charge in [0.25, 0.3) is 0 Å². The van der Waals surface area contributed by atoms with Crippen LogP contribution in [0.4, 0.5) is 22.0 Å². The largest absolute Gasteiger partial charge is 0.453 e. The molecule has 0 radical (unpaired) electrons. The summed E-state index contributed by atoms with van der Waals surface area (Å²) in [6.45, 7) is 1.67. The lowest BCUT2D eigenvalue weighted by atomic mass is 9.70. The van der Waals surface area contributed by atoms with Crippen molar-refractivity contribution in [2.75, 3.05) is 0 Å². The normalized spacial score (nSPS) is 27.5. The van der Waals surface area contributed by atoms with Gasteiger partial charge in [0.05, 0.1) is 0 Å². The van der Waals surface area contributed by atoms with Gasteiger partial charge in [-0.2, -0.15) is 22.0 Å². The first-order valence-electron chi connectivity index (χ1n) is 10.7. The molecule has 0 aromatic rings. The molecule has 2 rings (SSSR count). The summed E-state index contributed by atoms with van der Waals surface area (Å²) in [6.07, 6.45) is 7.71. The molecule has 0 heterocycles. The number of halogens is 5. The quantitative estimate of drug-likeness (QED) is 0.371. The minimum Gasteiger partial charge on any atom is -0.196 e. The second-order valence-electron chi connectivity index (χ2n) is 8.72. The molecule has 2 aliphatic carbocycles. The molecule has 154 valence electrons. The standard InChI is InChI=1S/C21H35F5/c1-2-7-19(20(22,23)21(24,25)26)11-6-8-16-12-14-18(15-13-16)17-9-4-3-5-10-17/h16-19H,2-15H2,1H3/t16-,18-,19?. The van der Waals surface area contributed by atoms with Crippen molar-refractivity contribution in [1.29, 1.82) is 0 Å². The fourth-order valence-electron chi connectivity index (χ4n) is 5.29. The number of rotatable bonds is 8. The van der Waals surface area contributed by atoms with E-state index in [1.54, 1.807) is 6.92 Å². The molecule has 0 amide bonds. The van der Waals surface area contributed by atoms with Gasteiger partial charge in [0.15, 0.2) is 0 Å². The zero-order valence-corrected chi connectivity index (χ0v) is 16.1. The molecule has 1 atom stereocenters. The van der Waals surface area contributed by atoms with Crippen LogP contribution in [0.15, 0.2) is 0 Å². The predicted octanol–water partition coefficient (Wildman–Crippen LogP) is 8.16. The number of hydrogen-bond donors (Lipinski definition) is 0. The highest BCUT2D eigenvalue weighted by atomic mass is 19.4. The Morgan fingerprint density at radius 3 is 1.88 bits per heavy atom. The summed E-state index contributed by atoms with van der Waals surface area (Å²) in [6, 6.07) is 0. The molecule has 0 nitrogen and oxygen atoms in total. The molecule has 0 N–H and O–H groups in total. The van der Waals surface area contributed by atoms with Crippen molar-refractivity contribution in [2.45, 2.75) is 109 Å². The third kappa shape index (κ3) is 5.82. The second kappa shape index (κ2) is 9.73. The zero-order valence-electron chi connectivity index (χ0n) is 16.1. The molecule has 0 aromatic carbocycles. The van der Waals surface area contributed by atoms with Crippen LogP contribution >= 0.6 is 0 Å². The van der Waals surface area contributed by atoms with Crippen molar-refractivity contribution in [3.63, 3.8) is 0 Å². The van der Waals surface area contributed by atoms with Crippen LogP contribution < -0.4 is 0 Å². The van der Waals surface area contributed by atoms with Crippen molar-refractivity contribution in [3.05, 3.63) is 0 Å². The third-order valence-electron chi connectivity index (χ3n) is 6.90. The van der Waals surface area contributed by atoms with E-state index in [1.165, 1.54) is 44.9 Å². The van der Waals surface area contributed by atoms with E-state index in [1.807, 2.05) is 0 Å². The molecule has 26 heavy (non-hydrogen) atoms. The second-order valence-corrected chi connectivity index (χ2v) is 8.72. The van der Waals surface area contributed by atoms with Crippen LogP contribution in [0.3, 0.4) is 0 Å². The first kappa shape index (κ1) is 21.9. The van der Waals surface area contributed by atoms with E-state index in [-0.39, 0.29) is 12.8 Å². The molecular formula is C21H35F5. The maximum Gasteiger partial charge on any atom is 0.453 e.